The van der Waals surface area contributed by atoms with Crippen molar-refractivity contribution in [2.24, 2.45) is 0 Å². The number of nitrogens with zero attached hydrogens (tertiary/aromatic N) is 3. The average Bonchev–Trinajstić information content (AvgIpc) is 2.92. The molecule has 27 heavy (non-hydrogen) atoms. The Morgan fingerprint density at radius 2 is 1.67 bits per heavy atom. The lowest BCUT2D eigenvalue weighted by atomic mass is 10.0. The number of amides is 5. The van der Waals surface area contributed by atoms with Crippen LogP contribution in [0.5, 0.6) is 0 Å². The summed E-state index contributed by atoms with van der Waals surface area (Å²) in [7, 11) is 0. The Kier molecular flexibility index (Phi) is 4.14. The van der Waals surface area contributed by atoms with Gasteiger partial charge in [0.15, 0.2) is 0 Å². The third kappa shape index (κ3) is 2.84. The van der Waals surface area contributed by atoms with Gasteiger partial charge in [0.2, 0.25) is 18.2 Å². The Balaban J connectivity index is 1.58. The molecule has 1 atom stereocenters. The number of carbonyl (C=O) groups excluding carboxylic acids is 5. The molecule has 3 aliphatic rings. The fourth-order valence-corrected chi connectivity index (χ4v) is 3.74. The zero-order chi connectivity index (χ0) is 19.1. The minimum atomic E-state index is -0.963. The number of hydrogen-bond donors (Lipinski definition) is 1. The lowest BCUT2D eigenvalue weighted by Gasteiger charge is -2.34. The predicted molar refractivity (Wildman–Crippen MR) is 93.0 cm³/mol. The van der Waals surface area contributed by atoms with E-state index >= 15 is 0 Å². The molecule has 2 fully saturated rings. The van der Waals surface area contributed by atoms with Gasteiger partial charge in [-0.25, -0.2) is 0 Å². The Hall–Kier alpha value is -3.23. The van der Waals surface area contributed by atoms with E-state index in [9.17, 15) is 24.0 Å². The fraction of sp³-hybridized carbons (Fsp3) is 0.389. The molecule has 0 radical (unpaired) electrons. The van der Waals surface area contributed by atoms with Gasteiger partial charge in [-0.05, 0) is 24.6 Å². The number of rotatable bonds is 3. The Morgan fingerprint density at radius 1 is 0.963 bits per heavy atom. The highest BCUT2D eigenvalue weighted by atomic mass is 16.2. The zero-order valence-electron chi connectivity index (χ0n) is 14.5. The molecule has 0 saturated carbocycles. The van der Waals surface area contributed by atoms with Crippen LogP contribution in [0.1, 0.15) is 33.6 Å². The first-order valence-corrected chi connectivity index (χ1v) is 8.79. The van der Waals surface area contributed by atoms with Crippen LogP contribution in [0.4, 0.5) is 5.69 Å². The Morgan fingerprint density at radius 3 is 2.33 bits per heavy atom. The van der Waals surface area contributed by atoms with Gasteiger partial charge in [0.05, 0.1) is 11.1 Å². The summed E-state index contributed by atoms with van der Waals surface area (Å²) in [5.41, 5.74) is 1.32. The lowest BCUT2D eigenvalue weighted by molar-refractivity contribution is -0.136. The number of benzene rings is 1. The number of piperidine rings is 1. The van der Waals surface area contributed by atoms with Crippen LogP contribution in [-0.2, 0) is 14.4 Å². The van der Waals surface area contributed by atoms with Crippen molar-refractivity contribution in [2.45, 2.75) is 18.9 Å². The van der Waals surface area contributed by atoms with E-state index in [1.807, 2.05) is 4.90 Å². The van der Waals surface area contributed by atoms with Gasteiger partial charge in [0, 0.05) is 38.3 Å². The molecule has 1 unspecified atom stereocenters. The summed E-state index contributed by atoms with van der Waals surface area (Å²) in [6.45, 7) is 2.46. The molecule has 1 aromatic carbocycles. The highest BCUT2D eigenvalue weighted by Crippen LogP contribution is 2.30. The highest BCUT2D eigenvalue weighted by molar-refractivity contribution is 6.23. The van der Waals surface area contributed by atoms with Crippen LogP contribution in [-0.4, -0.2) is 72.1 Å². The number of anilines is 1. The van der Waals surface area contributed by atoms with Crippen molar-refractivity contribution in [2.75, 3.05) is 31.1 Å². The summed E-state index contributed by atoms with van der Waals surface area (Å²) in [4.78, 5) is 64.5. The van der Waals surface area contributed by atoms with Gasteiger partial charge in [-0.1, -0.05) is 0 Å². The van der Waals surface area contributed by atoms with Crippen molar-refractivity contribution in [3.63, 3.8) is 0 Å². The van der Waals surface area contributed by atoms with Gasteiger partial charge in [-0.2, -0.15) is 0 Å². The molecule has 1 aromatic rings. The Bertz CT molecular complexity index is 859. The van der Waals surface area contributed by atoms with E-state index in [4.69, 9.17) is 0 Å². The number of imide groups is 2. The van der Waals surface area contributed by atoms with E-state index in [2.05, 4.69) is 5.32 Å². The summed E-state index contributed by atoms with van der Waals surface area (Å²) in [6, 6.07) is 4.07. The van der Waals surface area contributed by atoms with E-state index in [1.165, 1.54) is 0 Å². The quantitative estimate of drug-likeness (QED) is 0.561. The summed E-state index contributed by atoms with van der Waals surface area (Å²) >= 11 is 0. The molecule has 9 nitrogen and oxygen atoms in total. The average molecular weight is 370 g/mol. The largest absolute Gasteiger partial charge is 0.368 e. The molecule has 140 valence electrons. The van der Waals surface area contributed by atoms with Crippen molar-refractivity contribution >= 4 is 35.7 Å². The molecule has 9 heteroatoms. The van der Waals surface area contributed by atoms with Crippen LogP contribution >= 0.6 is 0 Å². The van der Waals surface area contributed by atoms with Crippen LogP contribution in [0.25, 0.3) is 0 Å². The molecule has 3 aliphatic heterocycles. The van der Waals surface area contributed by atoms with Crippen LogP contribution < -0.4 is 10.2 Å². The molecule has 4 rings (SSSR count). The number of carbonyl (C=O) groups is 5. The smallest absolute Gasteiger partial charge is 0.262 e. The second-order valence-electron chi connectivity index (χ2n) is 6.81. The first-order valence-electron chi connectivity index (χ1n) is 8.79. The maximum absolute atomic E-state index is 12.8. The third-order valence-corrected chi connectivity index (χ3v) is 5.25. The standard InChI is InChI=1S/C18H18N4O5/c23-10-20-5-7-21(8-6-20)11-1-2-12-13(9-11)18(27)22(17(12)26)14-3-4-15(24)19-16(14)25/h1-2,9-10,14H,3-8H2,(H,19,24,25). The molecule has 0 aliphatic carbocycles. The second-order valence-corrected chi connectivity index (χ2v) is 6.81. The molecule has 0 bridgehead atoms. The molecule has 0 aromatic heterocycles. The summed E-state index contributed by atoms with van der Waals surface area (Å²) in [5.74, 6) is -2.05. The normalized spacial score (nSPS) is 22.8. The minimum absolute atomic E-state index is 0.0933. The maximum atomic E-state index is 12.8. The molecule has 3 heterocycles. The van der Waals surface area contributed by atoms with Crippen LogP contribution in [0.15, 0.2) is 18.2 Å². The van der Waals surface area contributed by atoms with Gasteiger partial charge in [-0.15, -0.1) is 0 Å². The van der Waals surface area contributed by atoms with Crippen LogP contribution in [0.3, 0.4) is 0 Å². The van der Waals surface area contributed by atoms with Crippen molar-refractivity contribution in [1.82, 2.24) is 15.1 Å². The van der Waals surface area contributed by atoms with Crippen molar-refractivity contribution in [3.05, 3.63) is 29.3 Å². The lowest BCUT2D eigenvalue weighted by Crippen LogP contribution is -2.54. The van der Waals surface area contributed by atoms with Crippen LogP contribution in [0.2, 0.25) is 0 Å². The minimum Gasteiger partial charge on any atom is -0.368 e. The monoisotopic (exact) mass is 370 g/mol. The first kappa shape index (κ1) is 17.2. The number of nitrogens with one attached hydrogen (secondary N) is 1. The molecule has 1 N–H and O–H groups in total. The van der Waals surface area contributed by atoms with E-state index in [0.717, 1.165) is 17.0 Å². The van der Waals surface area contributed by atoms with E-state index in [-0.39, 0.29) is 24.0 Å². The number of fused-ring (bicyclic) bond motifs is 1. The second kappa shape index (κ2) is 6.49. The summed E-state index contributed by atoms with van der Waals surface area (Å²) < 4.78 is 0. The highest BCUT2D eigenvalue weighted by Gasteiger charge is 2.44. The predicted octanol–water partition coefficient (Wildman–Crippen LogP) is -0.634. The maximum Gasteiger partial charge on any atom is 0.262 e. The summed E-state index contributed by atoms with van der Waals surface area (Å²) in [6.07, 6.45) is 1.05. The van der Waals surface area contributed by atoms with E-state index in [0.29, 0.717) is 26.2 Å². The SMILES string of the molecule is O=CN1CCN(c2ccc3c(c2)C(=O)N(C2CCC(=O)NC2=O)C3=O)CC1. The number of piperazine rings is 1. The molecule has 2 saturated heterocycles. The van der Waals surface area contributed by atoms with Gasteiger partial charge >= 0.3 is 0 Å². The van der Waals surface area contributed by atoms with Crippen LogP contribution in [0, 0.1) is 0 Å². The van der Waals surface area contributed by atoms with Crippen molar-refractivity contribution < 1.29 is 24.0 Å². The molecular weight excluding hydrogens is 352 g/mol. The van der Waals surface area contributed by atoms with Crippen molar-refractivity contribution in [3.8, 4) is 0 Å². The third-order valence-electron chi connectivity index (χ3n) is 5.25. The zero-order valence-corrected chi connectivity index (χ0v) is 14.5. The summed E-state index contributed by atoms with van der Waals surface area (Å²) in [5, 5.41) is 2.18. The topological polar surface area (TPSA) is 107 Å². The van der Waals surface area contributed by atoms with Gasteiger partial charge in [-0.3, -0.25) is 34.2 Å². The number of hydrogen-bond acceptors (Lipinski definition) is 6. The molecular formula is C18H18N4O5. The van der Waals surface area contributed by atoms with Crippen molar-refractivity contribution in [1.29, 1.82) is 0 Å². The van der Waals surface area contributed by atoms with E-state index in [1.54, 1.807) is 23.1 Å². The van der Waals surface area contributed by atoms with Gasteiger partial charge < -0.3 is 9.80 Å². The van der Waals surface area contributed by atoms with E-state index < -0.39 is 29.7 Å². The molecule has 5 amide bonds. The first-order chi connectivity index (χ1) is 13.0. The fourth-order valence-electron chi connectivity index (χ4n) is 3.74. The van der Waals surface area contributed by atoms with Gasteiger partial charge in [0.25, 0.3) is 11.8 Å². The van der Waals surface area contributed by atoms with Gasteiger partial charge in [0.1, 0.15) is 6.04 Å². The molecule has 0 spiro atoms. The Labute approximate surface area is 154 Å².